The summed E-state index contributed by atoms with van der Waals surface area (Å²) in [6, 6.07) is 5.87. The zero-order valence-corrected chi connectivity index (χ0v) is 18.4. The summed E-state index contributed by atoms with van der Waals surface area (Å²) in [6.07, 6.45) is 0.563. The third-order valence-corrected chi connectivity index (χ3v) is 4.82. The zero-order chi connectivity index (χ0) is 23.2. The van der Waals surface area contributed by atoms with E-state index in [0.29, 0.717) is 31.5 Å². The van der Waals surface area contributed by atoms with Crippen LogP contribution in [0.3, 0.4) is 0 Å². The summed E-state index contributed by atoms with van der Waals surface area (Å²) in [5.41, 5.74) is 0.233. The summed E-state index contributed by atoms with van der Waals surface area (Å²) in [5.74, 6) is -2.72. The molecule has 0 atom stereocenters. The summed E-state index contributed by atoms with van der Waals surface area (Å²) in [6.45, 7) is 8.03. The maximum absolute atomic E-state index is 12.8. The van der Waals surface area contributed by atoms with Crippen molar-refractivity contribution in [3.8, 4) is 0 Å². The number of carbonyl (C=O) groups is 4. The van der Waals surface area contributed by atoms with Crippen LogP contribution in [0.5, 0.6) is 0 Å². The maximum Gasteiger partial charge on any atom is 0.410 e. The van der Waals surface area contributed by atoms with Crippen molar-refractivity contribution < 1.29 is 33.8 Å². The van der Waals surface area contributed by atoms with Crippen molar-refractivity contribution >= 4 is 23.9 Å². The van der Waals surface area contributed by atoms with Crippen molar-refractivity contribution in [3.63, 3.8) is 0 Å². The van der Waals surface area contributed by atoms with Crippen LogP contribution in [0.15, 0.2) is 24.3 Å². The van der Waals surface area contributed by atoms with Gasteiger partial charge in [-0.25, -0.2) is 14.4 Å². The van der Waals surface area contributed by atoms with Crippen LogP contribution in [0, 0.1) is 0 Å². The number of ether oxygens (including phenoxy) is 2. The van der Waals surface area contributed by atoms with Gasteiger partial charge in [-0.1, -0.05) is 12.1 Å². The fraction of sp³-hybridized carbons (Fsp3) is 0.545. The Balaban J connectivity index is 2.12. The number of carboxylic acid groups (broad SMARTS) is 1. The number of piperidine rings is 1. The second-order valence-electron chi connectivity index (χ2n) is 8.35. The molecule has 0 aromatic heterocycles. The van der Waals surface area contributed by atoms with Gasteiger partial charge in [0.05, 0.1) is 12.2 Å². The molecule has 1 N–H and O–H groups in total. The molecule has 9 heteroatoms. The minimum Gasteiger partial charge on any atom is -0.478 e. The van der Waals surface area contributed by atoms with Gasteiger partial charge < -0.3 is 24.4 Å². The molecule has 1 aromatic carbocycles. The average Bonchev–Trinajstić information content (AvgIpc) is 2.71. The number of amides is 2. The molecule has 1 heterocycles. The molecule has 0 spiro atoms. The van der Waals surface area contributed by atoms with Gasteiger partial charge >= 0.3 is 23.9 Å². The predicted octanol–water partition coefficient (Wildman–Crippen LogP) is 2.68. The molecule has 170 valence electrons. The number of hydrogen-bond donors (Lipinski definition) is 1. The highest BCUT2D eigenvalue weighted by Gasteiger charge is 2.34. The van der Waals surface area contributed by atoms with E-state index in [1.165, 1.54) is 17.0 Å². The Labute approximate surface area is 181 Å². The van der Waals surface area contributed by atoms with Crippen LogP contribution in [-0.2, 0) is 25.6 Å². The fourth-order valence-electron chi connectivity index (χ4n) is 3.31. The lowest BCUT2D eigenvalue weighted by atomic mass is 10.0. The molecule has 1 aliphatic rings. The quantitative estimate of drug-likeness (QED) is 0.560. The topological polar surface area (TPSA) is 113 Å². The highest BCUT2D eigenvalue weighted by atomic mass is 16.6. The second-order valence-corrected chi connectivity index (χ2v) is 8.35. The van der Waals surface area contributed by atoms with Crippen LogP contribution in [0.25, 0.3) is 0 Å². The van der Waals surface area contributed by atoms with Gasteiger partial charge in [0.15, 0.2) is 0 Å². The third kappa shape index (κ3) is 6.97. The molecule has 1 fully saturated rings. The van der Waals surface area contributed by atoms with E-state index in [2.05, 4.69) is 0 Å². The number of benzene rings is 1. The predicted molar refractivity (Wildman–Crippen MR) is 111 cm³/mol. The van der Waals surface area contributed by atoms with E-state index in [1.54, 1.807) is 44.7 Å². The number of esters is 1. The van der Waals surface area contributed by atoms with Crippen LogP contribution >= 0.6 is 0 Å². The van der Waals surface area contributed by atoms with Crippen LogP contribution in [0.4, 0.5) is 4.79 Å². The minimum absolute atomic E-state index is 0.0861. The lowest BCUT2D eigenvalue weighted by molar-refractivity contribution is -0.162. The molecular weight excluding hydrogens is 404 g/mol. The Morgan fingerprint density at radius 1 is 1.10 bits per heavy atom. The van der Waals surface area contributed by atoms with Gasteiger partial charge in [-0.2, -0.15) is 0 Å². The van der Waals surface area contributed by atoms with Gasteiger partial charge in [-0.3, -0.25) is 4.79 Å². The molecule has 0 radical (unpaired) electrons. The standard InChI is InChI=1S/C22H30N2O7/c1-5-30-20(28)18(25)24(14-15-6-8-16(9-7-15)19(26)27)17-10-12-23(13-11-17)21(29)31-22(2,3)4/h6-9,17H,5,10-14H2,1-4H3,(H,26,27). The average molecular weight is 434 g/mol. The van der Waals surface area contributed by atoms with E-state index in [0.717, 1.165) is 0 Å². The van der Waals surface area contributed by atoms with Gasteiger partial charge in [-0.15, -0.1) is 0 Å². The van der Waals surface area contributed by atoms with E-state index in [9.17, 15) is 19.2 Å². The zero-order valence-electron chi connectivity index (χ0n) is 18.4. The van der Waals surface area contributed by atoms with Gasteiger partial charge in [0.1, 0.15) is 5.60 Å². The summed E-state index contributed by atoms with van der Waals surface area (Å²) < 4.78 is 10.3. The first-order valence-electron chi connectivity index (χ1n) is 10.3. The van der Waals surface area contributed by atoms with Crippen molar-refractivity contribution in [2.24, 2.45) is 0 Å². The van der Waals surface area contributed by atoms with Crippen molar-refractivity contribution in [2.75, 3.05) is 19.7 Å². The van der Waals surface area contributed by atoms with E-state index in [-0.39, 0.29) is 24.8 Å². The third-order valence-electron chi connectivity index (χ3n) is 4.82. The van der Waals surface area contributed by atoms with Crippen LogP contribution in [0.2, 0.25) is 0 Å². The highest BCUT2D eigenvalue weighted by molar-refractivity contribution is 6.32. The van der Waals surface area contributed by atoms with Crippen molar-refractivity contribution in [1.29, 1.82) is 0 Å². The number of hydrogen-bond acceptors (Lipinski definition) is 6. The smallest absolute Gasteiger partial charge is 0.410 e. The summed E-state index contributed by atoms with van der Waals surface area (Å²) in [7, 11) is 0. The van der Waals surface area contributed by atoms with Gasteiger partial charge in [0, 0.05) is 25.7 Å². The molecule has 0 aliphatic carbocycles. The molecule has 9 nitrogen and oxygen atoms in total. The largest absolute Gasteiger partial charge is 0.478 e. The molecule has 1 aromatic rings. The second kappa shape index (κ2) is 10.3. The Kier molecular flexibility index (Phi) is 8.01. The number of carboxylic acids is 1. The molecule has 31 heavy (non-hydrogen) atoms. The Morgan fingerprint density at radius 2 is 1.68 bits per heavy atom. The number of carbonyl (C=O) groups excluding carboxylic acids is 3. The SMILES string of the molecule is CCOC(=O)C(=O)N(Cc1ccc(C(=O)O)cc1)C1CCN(C(=O)OC(C)(C)C)CC1. The highest BCUT2D eigenvalue weighted by Crippen LogP contribution is 2.22. The Bertz CT molecular complexity index is 806. The summed E-state index contributed by atoms with van der Waals surface area (Å²) in [5, 5.41) is 9.05. The molecule has 2 amide bonds. The lowest BCUT2D eigenvalue weighted by Crippen LogP contribution is -2.51. The Morgan fingerprint density at radius 3 is 2.16 bits per heavy atom. The van der Waals surface area contributed by atoms with Crippen LogP contribution < -0.4 is 0 Å². The van der Waals surface area contributed by atoms with E-state index >= 15 is 0 Å². The molecular formula is C22H30N2O7. The number of rotatable bonds is 5. The molecule has 1 aliphatic heterocycles. The molecule has 0 unspecified atom stereocenters. The normalized spacial score (nSPS) is 14.6. The molecule has 0 bridgehead atoms. The monoisotopic (exact) mass is 434 g/mol. The number of nitrogens with zero attached hydrogens (tertiary/aromatic N) is 2. The minimum atomic E-state index is -1.04. The van der Waals surface area contributed by atoms with Crippen LogP contribution in [0.1, 0.15) is 56.5 Å². The van der Waals surface area contributed by atoms with E-state index in [1.807, 2.05) is 0 Å². The number of likely N-dealkylation sites (tertiary alicyclic amines) is 1. The maximum atomic E-state index is 12.8. The summed E-state index contributed by atoms with van der Waals surface area (Å²) >= 11 is 0. The first kappa shape index (κ1) is 24.2. The first-order chi connectivity index (χ1) is 14.5. The molecule has 2 rings (SSSR count). The lowest BCUT2D eigenvalue weighted by Gasteiger charge is -2.38. The molecule has 1 saturated heterocycles. The van der Waals surface area contributed by atoms with Gasteiger partial charge in [-0.05, 0) is 58.2 Å². The fourth-order valence-corrected chi connectivity index (χ4v) is 3.31. The Hall–Kier alpha value is -3.10. The van der Waals surface area contributed by atoms with Crippen molar-refractivity contribution in [1.82, 2.24) is 9.80 Å². The van der Waals surface area contributed by atoms with Gasteiger partial charge in [0.2, 0.25) is 0 Å². The van der Waals surface area contributed by atoms with E-state index < -0.39 is 29.5 Å². The number of aromatic carboxylic acids is 1. The van der Waals surface area contributed by atoms with E-state index in [4.69, 9.17) is 14.6 Å². The summed E-state index contributed by atoms with van der Waals surface area (Å²) in [4.78, 5) is 51.3. The van der Waals surface area contributed by atoms with Crippen molar-refractivity contribution in [2.45, 2.75) is 58.7 Å². The molecule has 0 saturated carbocycles. The first-order valence-corrected chi connectivity index (χ1v) is 10.3. The van der Waals surface area contributed by atoms with Crippen LogP contribution in [-0.4, -0.2) is 70.2 Å². The van der Waals surface area contributed by atoms with Crippen molar-refractivity contribution in [3.05, 3.63) is 35.4 Å². The van der Waals surface area contributed by atoms with Gasteiger partial charge in [0.25, 0.3) is 0 Å².